The molecule has 0 aromatic heterocycles. The molecule has 6 N–H and O–H groups in total. The zero-order valence-corrected chi connectivity index (χ0v) is 41.8. The fourth-order valence-electron chi connectivity index (χ4n) is 10.9. The SMILES string of the molecule is O=C(O)CCCOc1ccc(C(=O)O)c(C2=c3cc4c(cc3Oc3cc5c(cc32)CCCN5)=NCCC4)c1.O=C(O)CCCOc1ccc(C2=c3cc4c(cc3Oc3cc5c(cc32)CCCN5)=NCCC4)c(C(=O)O)c1. The van der Waals surface area contributed by atoms with E-state index in [9.17, 15) is 29.4 Å². The highest BCUT2D eigenvalue weighted by Gasteiger charge is 2.30. The molecule has 6 heterocycles. The van der Waals surface area contributed by atoms with Crippen molar-refractivity contribution in [3.8, 4) is 34.5 Å². The number of nitrogens with zero attached hydrogens (tertiary/aromatic N) is 2. The van der Waals surface area contributed by atoms with Crippen LogP contribution in [0.2, 0.25) is 0 Å². The highest BCUT2D eigenvalue weighted by molar-refractivity contribution is 6.00. The molecular formula is C60H56N4O12. The number of benzene rings is 6. The summed E-state index contributed by atoms with van der Waals surface area (Å²) in [5.74, 6) is -0.325. The zero-order chi connectivity index (χ0) is 52.5. The van der Waals surface area contributed by atoms with Gasteiger partial charge in [0.2, 0.25) is 0 Å². The lowest BCUT2D eigenvalue weighted by atomic mass is 9.86. The minimum Gasteiger partial charge on any atom is -0.494 e. The first kappa shape index (κ1) is 49.5. The molecule has 0 spiro atoms. The van der Waals surface area contributed by atoms with E-state index in [-0.39, 0.29) is 37.2 Å². The van der Waals surface area contributed by atoms with Gasteiger partial charge in [0.1, 0.15) is 34.5 Å². The third-order valence-corrected chi connectivity index (χ3v) is 14.5. The summed E-state index contributed by atoms with van der Waals surface area (Å²) in [5.41, 5.74) is 11.4. The van der Waals surface area contributed by atoms with Gasteiger partial charge in [-0.25, -0.2) is 9.59 Å². The molecule has 0 bridgehead atoms. The van der Waals surface area contributed by atoms with Crippen LogP contribution < -0.4 is 50.7 Å². The molecule has 6 aliphatic rings. The summed E-state index contributed by atoms with van der Waals surface area (Å²) >= 11 is 0. The maximum absolute atomic E-state index is 12.5. The van der Waals surface area contributed by atoms with Crippen molar-refractivity contribution in [2.45, 2.75) is 77.0 Å². The van der Waals surface area contributed by atoms with Crippen molar-refractivity contribution in [1.29, 1.82) is 0 Å². The molecular weight excluding hydrogens is 969 g/mol. The lowest BCUT2D eigenvalue weighted by Crippen LogP contribution is -2.26. The fraction of sp³-hybridized carbons (Fsp3) is 0.300. The molecule has 0 saturated carbocycles. The number of hydrogen-bond acceptors (Lipinski definition) is 12. The standard InChI is InChI=1S/2C30H28N2O6/c33-28(34)6-3-11-37-19-7-8-20(30(35)36)21(14-19)29-22-12-17-4-1-9-31-24(17)15-26(22)38-27-16-25-18(13-23(27)29)5-2-10-32-25;33-28(34)6-3-11-37-19-7-8-20(21(14-19)30(35)36)29-22-12-17-4-1-9-31-24(17)15-26(22)38-27-16-25-18(13-23(27)29)5-2-10-32-25/h2*7-8,12-16,31H,1-6,9-11H2,(H,33,34)(H,35,36). The molecule has 0 amide bonds. The van der Waals surface area contributed by atoms with Gasteiger partial charge in [-0.15, -0.1) is 0 Å². The van der Waals surface area contributed by atoms with E-state index in [1.54, 1.807) is 30.3 Å². The number of rotatable bonds is 14. The first-order valence-corrected chi connectivity index (χ1v) is 26.0. The summed E-state index contributed by atoms with van der Waals surface area (Å²) in [4.78, 5) is 56.0. The van der Waals surface area contributed by atoms with Crippen molar-refractivity contribution >= 4 is 46.4 Å². The second kappa shape index (κ2) is 21.3. The molecule has 388 valence electrons. The lowest BCUT2D eigenvalue weighted by Gasteiger charge is -2.27. The fourth-order valence-corrected chi connectivity index (χ4v) is 10.9. The van der Waals surface area contributed by atoms with Crippen LogP contribution in [0, 0.1) is 0 Å². The Balaban J connectivity index is 0.000000162. The smallest absolute Gasteiger partial charge is 0.336 e. The minimum atomic E-state index is -1.06. The second-order valence-corrected chi connectivity index (χ2v) is 19.7. The first-order chi connectivity index (χ1) is 36.9. The topological polar surface area (TPSA) is 235 Å². The second-order valence-electron chi connectivity index (χ2n) is 19.7. The Morgan fingerprint density at radius 1 is 0.487 bits per heavy atom. The molecule has 6 aromatic rings. The third-order valence-electron chi connectivity index (χ3n) is 14.5. The van der Waals surface area contributed by atoms with Gasteiger partial charge in [-0.3, -0.25) is 19.6 Å². The van der Waals surface area contributed by atoms with Crippen LogP contribution in [0.25, 0.3) is 11.1 Å². The van der Waals surface area contributed by atoms with Crippen LogP contribution in [0.1, 0.15) is 117 Å². The van der Waals surface area contributed by atoms with Gasteiger partial charge in [0, 0.05) is 113 Å². The van der Waals surface area contributed by atoms with E-state index in [1.165, 1.54) is 17.2 Å². The van der Waals surface area contributed by atoms with Gasteiger partial charge in [0.25, 0.3) is 0 Å². The summed E-state index contributed by atoms with van der Waals surface area (Å²) in [6, 6.07) is 26.4. The van der Waals surface area contributed by atoms with Gasteiger partial charge in [-0.05, 0) is 153 Å². The molecule has 0 saturated heterocycles. The van der Waals surface area contributed by atoms with Crippen LogP contribution in [0.5, 0.6) is 34.5 Å². The van der Waals surface area contributed by atoms with Crippen molar-refractivity contribution in [2.75, 3.05) is 50.0 Å². The van der Waals surface area contributed by atoms with Crippen molar-refractivity contribution in [1.82, 2.24) is 0 Å². The number of carboxylic acids is 4. The maximum atomic E-state index is 12.5. The van der Waals surface area contributed by atoms with Crippen molar-refractivity contribution < 1.29 is 58.6 Å². The van der Waals surface area contributed by atoms with Crippen molar-refractivity contribution in [2.24, 2.45) is 9.98 Å². The predicted molar refractivity (Wildman–Crippen MR) is 282 cm³/mol. The number of hydrogen-bond donors (Lipinski definition) is 6. The molecule has 6 aromatic carbocycles. The number of aryl methyl sites for hydroxylation is 4. The summed E-state index contributed by atoms with van der Waals surface area (Å²) in [6.45, 7) is 3.78. The molecule has 12 rings (SSSR count). The van der Waals surface area contributed by atoms with Gasteiger partial charge in [0.05, 0.1) is 35.1 Å². The van der Waals surface area contributed by atoms with Gasteiger partial charge in [-0.1, -0.05) is 0 Å². The van der Waals surface area contributed by atoms with Gasteiger partial charge < -0.3 is 50.0 Å². The lowest BCUT2D eigenvalue weighted by molar-refractivity contribution is -0.138. The number of nitrogens with one attached hydrogen (secondary N) is 2. The summed E-state index contributed by atoms with van der Waals surface area (Å²) in [7, 11) is 0. The molecule has 0 unspecified atom stereocenters. The third kappa shape index (κ3) is 10.1. The van der Waals surface area contributed by atoms with Crippen LogP contribution in [-0.2, 0) is 35.3 Å². The largest absolute Gasteiger partial charge is 0.494 e. The molecule has 76 heavy (non-hydrogen) atoms. The van der Waals surface area contributed by atoms with E-state index in [0.29, 0.717) is 58.5 Å². The Labute approximate surface area is 436 Å². The maximum Gasteiger partial charge on any atom is 0.336 e. The molecule has 6 aliphatic heterocycles. The Bertz CT molecular complexity index is 3660. The number of fused-ring (bicyclic) bond motifs is 8. The average molecular weight is 1030 g/mol. The normalized spacial score (nSPS) is 15.0. The van der Waals surface area contributed by atoms with Crippen LogP contribution in [0.15, 0.2) is 94.9 Å². The number of ether oxygens (including phenoxy) is 4. The van der Waals surface area contributed by atoms with E-state index < -0.39 is 23.9 Å². The van der Waals surface area contributed by atoms with Crippen LogP contribution in [0.3, 0.4) is 0 Å². The van der Waals surface area contributed by atoms with E-state index in [4.69, 9.17) is 29.2 Å². The molecule has 0 fully saturated rings. The van der Waals surface area contributed by atoms with E-state index in [1.807, 2.05) is 24.3 Å². The number of aliphatic carboxylic acids is 2. The van der Waals surface area contributed by atoms with Crippen molar-refractivity contribution in [3.63, 3.8) is 0 Å². The summed E-state index contributed by atoms with van der Waals surface area (Å²) in [5, 5.41) is 48.6. The molecule has 0 radical (unpaired) electrons. The van der Waals surface area contributed by atoms with E-state index in [2.05, 4.69) is 44.9 Å². The van der Waals surface area contributed by atoms with Crippen LogP contribution in [-0.4, -0.2) is 83.7 Å². The highest BCUT2D eigenvalue weighted by atomic mass is 16.5. The molecule has 0 atom stereocenters. The van der Waals surface area contributed by atoms with Crippen LogP contribution >= 0.6 is 0 Å². The monoisotopic (exact) mass is 1020 g/mol. The molecule has 0 aliphatic carbocycles. The first-order valence-electron chi connectivity index (χ1n) is 26.0. The summed E-state index contributed by atoms with van der Waals surface area (Å²) < 4.78 is 24.4. The number of carbonyl (C=O) groups is 4. The van der Waals surface area contributed by atoms with Crippen molar-refractivity contribution in [3.05, 3.63) is 162 Å². The minimum absolute atomic E-state index is 0.00480. The highest BCUT2D eigenvalue weighted by Crippen LogP contribution is 2.44. The Hall–Kier alpha value is -8.66. The average Bonchev–Trinajstić information content (AvgIpc) is 3.58. The van der Waals surface area contributed by atoms with Crippen LogP contribution in [0.4, 0.5) is 11.4 Å². The number of aromatic carboxylic acids is 2. The predicted octanol–water partition coefficient (Wildman–Crippen LogP) is 7.81. The Morgan fingerprint density at radius 3 is 1.49 bits per heavy atom. The van der Waals surface area contributed by atoms with E-state index >= 15 is 0 Å². The Morgan fingerprint density at radius 2 is 0.974 bits per heavy atom. The molecule has 16 nitrogen and oxygen atoms in total. The summed E-state index contributed by atoms with van der Waals surface area (Å²) in [6.07, 6.45) is 8.37. The number of anilines is 2. The van der Waals surface area contributed by atoms with Gasteiger partial charge in [-0.2, -0.15) is 0 Å². The Kier molecular flexibility index (Phi) is 13.9. The van der Waals surface area contributed by atoms with Gasteiger partial charge >= 0.3 is 23.9 Å². The molecule has 16 heteroatoms. The quantitative estimate of drug-likeness (QED) is 0.0571. The van der Waals surface area contributed by atoms with Gasteiger partial charge in [0.15, 0.2) is 0 Å². The number of carboxylic acid groups (broad SMARTS) is 4. The van der Waals surface area contributed by atoms with E-state index in [0.717, 1.165) is 143 Å². The zero-order valence-electron chi connectivity index (χ0n) is 41.8.